The number of aryl methyl sites for hydroxylation is 1. The van der Waals surface area contributed by atoms with Crippen LogP contribution in [0.1, 0.15) is 48.6 Å². The van der Waals surface area contributed by atoms with Crippen LogP contribution in [0, 0.1) is 6.92 Å². The van der Waals surface area contributed by atoms with Crippen LogP contribution in [0.3, 0.4) is 0 Å². The van der Waals surface area contributed by atoms with E-state index in [1.165, 1.54) is 71.2 Å². The summed E-state index contributed by atoms with van der Waals surface area (Å²) in [6, 6.07) is 62.8. The highest BCUT2D eigenvalue weighted by Gasteiger charge is 2.26. The van der Waals surface area contributed by atoms with Gasteiger partial charge in [-0.3, -0.25) is 4.99 Å². The molecule has 9 aromatic rings. The van der Waals surface area contributed by atoms with Crippen molar-refractivity contribution in [1.29, 1.82) is 0 Å². The molecule has 0 bridgehead atoms. The maximum Gasteiger partial charge on any atom is 0.115 e. The molecule has 8 aromatic carbocycles. The number of aliphatic imine (C=N–C) groups is 1. The highest BCUT2D eigenvalue weighted by atomic mass is 15.1. The van der Waals surface area contributed by atoms with Crippen LogP contribution >= 0.6 is 0 Å². The number of nitrogens with zero attached hydrogens (tertiary/aromatic N) is 2. The largest absolute Gasteiger partial charge is 0.398 e. The maximum atomic E-state index is 6.72. The molecule has 9 rings (SSSR count). The summed E-state index contributed by atoms with van der Waals surface area (Å²) in [6.45, 7) is 12.8. The van der Waals surface area contributed by atoms with Gasteiger partial charge < -0.3 is 10.3 Å². The first-order valence-electron chi connectivity index (χ1n) is 20.7. The Bertz CT molecular complexity index is 3050. The van der Waals surface area contributed by atoms with Crippen LogP contribution in [0.5, 0.6) is 0 Å². The molecule has 2 N–H and O–H groups in total. The van der Waals surface area contributed by atoms with Gasteiger partial charge in [-0.1, -0.05) is 215 Å². The minimum absolute atomic E-state index is 0.176. The Kier molecular flexibility index (Phi) is 11.4. The van der Waals surface area contributed by atoms with E-state index in [1.54, 1.807) is 6.08 Å². The third-order valence-corrected chi connectivity index (χ3v) is 11.7. The van der Waals surface area contributed by atoms with E-state index in [0.717, 1.165) is 16.8 Å². The standard InChI is InChI=1S/C52H43N3.C5H8/c1-35-42-21-12-10-15-36(42)28-32-47(35)52(2,3)41-29-25-38(26-30-41)44-23-14-24-45-46-31-27-37-16-11-13-22-43(37)51(46)55(50(44)45)34-54-49(40-19-8-5-9-20-40)33-48(53)39-17-6-4-7-18-39;1-3-5-4-2/h4-33H,34,53H2,1-3H3;3-5H,1H2,2H3/b48-33-,54-49+;5-4-. The van der Waals surface area contributed by atoms with Crippen molar-refractivity contribution in [3.63, 3.8) is 0 Å². The summed E-state index contributed by atoms with van der Waals surface area (Å²) in [5, 5.41) is 7.44. The molecule has 0 radical (unpaired) electrons. The predicted octanol–water partition coefficient (Wildman–Crippen LogP) is 14.6. The topological polar surface area (TPSA) is 43.3 Å². The van der Waals surface area contributed by atoms with Crippen molar-refractivity contribution in [2.24, 2.45) is 10.7 Å². The molecule has 60 heavy (non-hydrogen) atoms. The molecule has 1 heterocycles. The lowest BCUT2D eigenvalue weighted by Crippen LogP contribution is -2.20. The van der Waals surface area contributed by atoms with E-state index in [1.807, 2.05) is 61.5 Å². The number of benzene rings is 8. The molecular formula is C57H51N3. The van der Waals surface area contributed by atoms with Crippen LogP contribution in [-0.4, -0.2) is 10.3 Å². The van der Waals surface area contributed by atoms with E-state index < -0.39 is 0 Å². The molecule has 0 atom stereocenters. The number of para-hydroxylation sites is 1. The monoisotopic (exact) mass is 777 g/mol. The van der Waals surface area contributed by atoms with Crippen molar-refractivity contribution in [3.8, 4) is 11.1 Å². The molecule has 0 saturated carbocycles. The van der Waals surface area contributed by atoms with E-state index in [2.05, 4.69) is 171 Å². The Balaban J connectivity index is 0.000000943. The fraction of sp³-hybridized carbons (Fsp3) is 0.105. The molecule has 3 heteroatoms. The van der Waals surface area contributed by atoms with Crippen molar-refractivity contribution < 1.29 is 0 Å². The minimum Gasteiger partial charge on any atom is -0.398 e. The zero-order chi connectivity index (χ0) is 41.6. The molecule has 0 unspecified atom stereocenters. The molecule has 3 nitrogen and oxygen atoms in total. The van der Waals surface area contributed by atoms with Crippen LogP contribution in [0.2, 0.25) is 0 Å². The number of aromatic nitrogens is 1. The van der Waals surface area contributed by atoms with Gasteiger partial charge in [0, 0.05) is 32.8 Å². The van der Waals surface area contributed by atoms with Gasteiger partial charge in [-0.05, 0) is 69.5 Å². The quantitative estimate of drug-likeness (QED) is 0.115. The fourth-order valence-corrected chi connectivity index (χ4v) is 8.60. The second-order valence-electron chi connectivity index (χ2n) is 15.8. The molecule has 1 aromatic heterocycles. The highest BCUT2D eigenvalue weighted by Crippen LogP contribution is 2.41. The Morgan fingerprint density at radius 1 is 0.617 bits per heavy atom. The molecule has 294 valence electrons. The smallest absolute Gasteiger partial charge is 0.115 e. The summed E-state index contributed by atoms with van der Waals surface area (Å²) in [7, 11) is 0. The summed E-state index contributed by atoms with van der Waals surface area (Å²) in [5.74, 6) is 0. The third-order valence-electron chi connectivity index (χ3n) is 11.7. The summed E-state index contributed by atoms with van der Waals surface area (Å²) in [5.41, 5.74) is 18.7. The lowest BCUT2D eigenvalue weighted by molar-refractivity contribution is 0.637. The van der Waals surface area contributed by atoms with Crippen LogP contribution < -0.4 is 5.73 Å². The van der Waals surface area contributed by atoms with Gasteiger partial charge >= 0.3 is 0 Å². The Hall–Kier alpha value is -7.23. The van der Waals surface area contributed by atoms with Crippen LogP contribution in [0.15, 0.2) is 212 Å². The van der Waals surface area contributed by atoms with Crippen LogP contribution in [-0.2, 0) is 12.1 Å². The number of allylic oxidation sites excluding steroid dienone is 4. The van der Waals surface area contributed by atoms with Gasteiger partial charge in [0.2, 0.25) is 0 Å². The van der Waals surface area contributed by atoms with E-state index in [4.69, 9.17) is 10.7 Å². The average Bonchev–Trinajstić information content (AvgIpc) is 3.63. The first-order chi connectivity index (χ1) is 29.3. The zero-order valence-corrected chi connectivity index (χ0v) is 34.9. The summed E-state index contributed by atoms with van der Waals surface area (Å²) in [4.78, 5) is 5.38. The molecule has 0 fully saturated rings. The van der Waals surface area contributed by atoms with Gasteiger partial charge in [0.15, 0.2) is 0 Å². The zero-order valence-electron chi connectivity index (χ0n) is 34.9. The van der Waals surface area contributed by atoms with Crippen molar-refractivity contribution in [3.05, 3.63) is 235 Å². The van der Waals surface area contributed by atoms with Gasteiger partial charge in [0.1, 0.15) is 6.67 Å². The molecule has 0 aliphatic carbocycles. The average molecular weight is 778 g/mol. The van der Waals surface area contributed by atoms with E-state index in [0.29, 0.717) is 12.4 Å². The number of rotatable bonds is 9. The number of nitrogens with two attached hydrogens (primary N) is 1. The summed E-state index contributed by atoms with van der Waals surface area (Å²) < 4.78 is 2.41. The first-order valence-corrected chi connectivity index (χ1v) is 20.7. The number of fused-ring (bicyclic) bond motifs is 6. The lowest BCUT2D eigenvalue weighted by Gasteiger charge is -2.29. The molecule has 0 aliphatic rings. The third kappa shape index (κ3) is 7.70. The molecule has 0 spiro atoms. The van der Waals surface area contributed by atoms with Crippen LogP contribution in [0.4, 0.5) is 0 Å². The van der Waals surface area contributed by atoms with Crippen molar-refractivity contribution in [1.82, 2.24) is 4.57 Å². The molecule has 0 saturated heterocycles. The second kappa shape index (κ2) is 17.3. The summed E-state index contributed by atoms with van der Waals surface area (Å²) >= 11 is 0. The van der Waals surface area contributed by atoms with Crippen LogP contribution in [0.25, 0.3) is 60.2 Å². The predicted molar refractivity (Wildman–Crippen MR) is 260 cm³/mol. The van der Waals surface area contributed by atoms with Gasteiger partial charge in [0.05, 0.1) is 16.7 Å². The van der Waals surface area contributed by atoms with E-state index in [-0.39, 0.29) is 5.41 Å². The molecule has 0 amide bonds. The first kappa shape index (κ1) is 39.6. The van der Waals surface area contributed by atoms with Crippen molar-refractivity contribution in [2.75, 3.05) is 0 Å². The molecule has 0 aliphatic heterocycles. The molecular weight excluding hydrogens is 727 g/mol. The van der Waals surface area contributed by atoms with Gasteiger partial charge in [-0.25, -0.2) is 0 Å². The van der Waals surface area contributed by atoms with E-state index in [9.17, 15) is 0 Å². The van der Waals surface area contributed by atoms with Crippen molar-refractivity contribution >= 4 is 54.8 Å². The summed E-state index contributed by atoms with van der Waals surface area (Å²) in [6.07, 6.45) is 7.59. The number of hydrogen-bond donors (Lipinski definition) is 1. The van der Waals surface area contributed by atoms with Gasteiger partial charge in [-0.2, -0.15) is 0 Å². The Morgan fingerprint density at radius 3 is 1.87 bits per heavy atom. The fourth-order valence-electron chi connectivity index (χ4n) is 8.60. The number of hydrogen-bond acceptors (Lipinski definition) is 2. The second-order valence-corrected chi connectivity index (χ2v) is 15.8. The lowest BCUT2D eigenvalue weighted by atomic mass is 9.75. The van der Waals surface area contributed by atoms with E-state index >= 15 is 0 Å². The Labute approximate surface area is 354 Å². The Morgan fingerprint density at radius 2 is 1.20 bits per heavy atom. The van der Waals surface area contributed by atoms with Gasteiger partial charge in [0.25, 0.3) is 0 Å². The normalized spacial score (nSPS) is 12.3. The van der Waals surface area contributed by atoms with Gasteiger partial charge in [-0.15, -0.1) is 0 Å². The highest BCUT2D eigenvalue weighted by molar-refractivity contribution is 6.20. The minimum atomic E-state index is -0.176. The SMILES string of the molecule is C=C/C=C\C.Cc1c(C(C)(C)c2ccc(-c3cccc4c5ccc6ccccc6c5n(C/N=C(\C=C(/N)c5ccccc5)c5ccccc5)c34)cc2)ccc2ccccc12. The maximum absolute atomic E-state index is 6.72. The van der Waals surface area contributed by atoms with Crippen molar-refractivity contribution in [2.45, 2.75) is 39.8 Å².